The summed E-state index contributed by atoms with van der Waals surface area (Å²) < 4.78 is 0. The summed E-state index contributed by atoms with van der Waals surface area (Å²) in [7, 11) is -0.387. The molecular weight excluding hydrogens is 192 g/mol. The van der Waals surface area contributed by atoms with Crippen LogP contribution in [0.25, 0.3) is 0 Å². The molecule has 0 heterocycles. The summed E-state index contributed by atoms with van der Waals surface area (Å²) >= 11 is 0. The van der Waals surface area contributed by atoms with Gasteiger partial charge in [-0.1, -0.05) is 0 Å². The summed E-state index contributed by atoms with van der Waals surface area (Å²) in [5, 5.41) is 5.48. The van der Waals surface area contributed by atoms with Gasteiger partial charge in [0.2, 0.25) is 0 Å². The standard InChI is InChI=1S/C10H16N2OSi/c11-9-5-3-8(4-6-9)10(13)2-1-7-14-12/h3-6H,1-2,7,11-12,14H2. The fourth-order valence-electron chi connectivity index (χ4n) is 1.24. The Hall–Kier alpha value is -1.13. The Bertz CT molecular complexity index is 297. The number of rotatable bonds is 5. The molecule has 76 valence electrons. The zero-order valence-corrected chi connectivity index (χ0v) is 9.61. The fraction of sp³-hybridized carbons (Fsp3) is 0.300. The molecular formula is C10H16N2OSi. The van der Waals surface area contributed by atoms with Gasteiger partial charge in [0.05, 0.1) is 9.68 Å². The van der Waals surface area contributed by atoms with Gasteiger partial charge in [-0.3, -0.25) is 4.79 Å². The molecule has 3 nitrogen and oxygen atoms in total. The summed E-state index contributed by atoms with van der Waals surface area (Å²) in [6.07, 6.45) is 1.53. The van der Waals surface area contributed by atoms with Gasteiger partial charge in [0.1, 0.15) is 0 Å². The van der Waals surface area contributed by atoms with Crippen molar-refractivity contribution in [1.82, 2.24) is 0 Å². The Morgan fingerprint density at radius 2 is 1.93 bits per heavy atom. The molecule has 0 bridgehead atoms. The van der Waals surface area contributed by atoms with Crippen molar-refractivity contribution >= 4 is 21.2 Å². The van der Waals surface area contributed by atoms with Crippen LogP contribution >= 0.6 is 0 Å². The number of Topliss-reactive ketones (excluding diaryl/α,β-unsaturated/α-hetero) is 1. The Labute approximate surface area is 86.4 Å². The number of nitrogen functional groups attached to an aromatic ring is 1. The average molecular weight is 208 g/mol. The Morgan fingerprint density at radius 1 is 1.29 bits per heavy atom. The van der Waals surface area contributed by atoms with Gasteiger partial charge in [0.25, 0.3) is 0 Å². The van der Waals surface area contributed by atoms with Crippen LogP contribution in [0.4, 0.5) is 5.69 Å². The lowest BCUT2D eigenvalue weighted by Gasteiger charge is -2.00. The first-order valence-electron chi connectivity index (χ1n) is 4.83. The predicted molar refractivity (Wildman–Crippen MR) is 62.0 cm³/mol. The van der Waals surface area contributed by atoms with Gasteiger partial charge in [0, 0.05) is 17.7 Å². The number of hydrogen-bond donors (Lipinski definition) is 2. The van der Waals surface area contributed by atoms with Crippen molar-refractivity contribution in [3.8, 4) is 0 Å². The van der Waals surface area contributed by atoms with Crippen LogP contribution in [0.2, 0.25) is 6.04 Å². The molecule has 0 unspecified atom stereocenters. The molecule has 14 heavy (non-hydrogen) atoms. The number of ketones is 1. The van der Waals surface area contributed by atoms with E-state index in [9.17, 15) is 4.79 Å². The van der Waals surface area contributed by atoms with Crippen molar-refractivity contribution in [2.24, 2.45) is 5.40 Å². The van der Waals surface area contributed by atoms with E-state index in [2.05, 4.69) is 0 Å². The lowest BCUT2D eigenvalue weighted by Crippen LogP contribution is -2.05. The molecule has 0 aliphatic rings. The van der Waals surface area contributed by atoms with E-state index in [1.165, 1.54) is 0 Å². The van der Waals surface area contributed by atoms with Gasteiger partial charge in [-0.25, -0.2) is 0 Å². The summed E-state index contributed by atoms with van der Waals surface area (Å²) in [6.45, 7) is 0. The third kappa shape index (κ3) is 3.31. The third-order valence-corrected chi connectivity index (χ3v) is 3.00. The van der Waals surface area contributed by atoms with Crippen LogP contribution in [0.3, 0.4) is 0 Å². The van der Waals surface area contributed by atoms with E-state index in [-0.39, 0.29) is 15.5 Å². The molecule has 0 aliphatic heterocycles. The van der Waals surface area contributed by atoms with Crippen molar-refractivity contribution < 1.29 is 4.79 Å². The highest BCUT2D eigenvalue weighted by molar-refractivity contribution is 6.30. The number of anilines is 1. The normalized spacial score (nSPS) is 10.9. The Morgan fingerprint density at radius 3 is 2.50 bits per heavy atom. The lowest BCUT2D eigenvalue weighted by atomic mass is 10.1. The van der Waals surface area contributed by atoms with Crippen LogP contribution in [0, 0.1) is 0 Å². The van der Waals surface area contributed by atoms with Crippen LogP contribution in [-0.4, -0.2) is 15.5 Å². The zero-order valence-electron chi connectivity index (χ0n) is 8.20. The first-order valence-corrected chi connectivity index (χ1v) is 6.64. The van der Waals surface area contributed by atoms with E-state index >= 15 is 0 Å². The summed E-state index contributed by atoms with van der Waals surface area (Å²) in [6, 6.07) is 8.10. The van der Waals surface area contributed by atoms with Gasteiger partial charge in [0.15, 0.2) is 5.78 Å². The second kappa shape index (κ2) is 5.57. The molecule has 0 spiro atoms. The molecule has 0 aromatic heterocycles. The molecule has 4 N–H and O–H groups in total. The summed E-state index contributed by atoms with van der Waals surface area (Å²) in [5.41, 5.74) is 6.96. The van der Waals surface area contributed by atoms with Crippen LogP contribution in [0.5, 0.6) is 0 Å². The maximum absolute atomic E-state index is 11.6. The van der Waals surface area contributed by atoms with Crippen LogP contribution in [0.15, 0.2) is 24.3 Å². The van der Waals surface area contributed by atoms with E-state index in [1.807, 2.05) is 0 Å². The molecule has 1 rings (SSSR count). The SMILES string of the molecule is N[SiH2]CCCC(=O)c1ccc(N)cc1. The summed E-state index contributed by atoms with van der Waals surface area (Å²) in [4.78, 5) is 11.6. The maximum Gasteiger partial charge on any atom is 0.162 e. The maximum atomic E-state index is 11.6. The molecule has 0 fully saturated rings. The second-order valence-corrected chi connectivity index (χ2v) is 4.58. The predicted octanol–water partition coefficient (Wildman–Crippen LogP) is 0.693. The highest BCUT2D eigenvalue weighted by Gasteiger charge is 2.04. The minimum atomic E-state index is -0.387. The lowest BCUT2D eigenvalue weighted by molar-refractivity contribution is 0.0982. The summed E-state index contributed by atoms with van der Waals surface area (Å²) in [5.74, 6) is 0.187. The quantitative estimate of drug-likeness (QED) is 0.324. The highest BCUT2D eigenvalue weighted by Crippen LogP contribution is 2.09. The van der Waals surface area contributed by atoms with Crippen molar-refractivity contribution in [2.75, 3.05) is 5.73 Å². The number of benzene rings is 1. The minimum Gasteiger partial charge on any atom is -0.399 e. The number of carbonyl (C=O) groups is 1. The molecule has 0 saturated heterocycles. The van der Waals surface area contributed by atoms with E-state index in [4.69, 9.17) is 11.1 Å². The zero-order chi connectivity index (χ0) is 10.4. The molecule has 0 atom stereocenters. The van der Waals surface area contributed by atoms with Crippen LogP contribution < -0.4 is 11.1 Å². The van der Waals surface area contributed by atoms with Crippen molar-refractivity contribution in [1.29, 1.82) is 0 Å². The average Bonchev–Trinajstić information content (AvgIpc) is 2.19. The van der Waals surface area contributed by atoms with Crippen LogP contribution in [0.1, 0.15) is 23.2 Å². The topological polar surface area (TPSA) is 69.1 Å². The molecule has 0 amide bonds. The van der Waals surface area contributed by atoms with Gasteiger partial charge >= 0.3 is 0 Å². The van der Waals surface area contributed by atoms with Crippen LogP contribution in [-0.2, 0) is 0 Å². The van der Waals surface area contributed by atoms with E-state index in [1.54, 1.807) is 24.3 Å². The molecule has 0 aliphatic carbocycles. The molecule has 4 heteroatoms. The molecule has 1 aromatic carbocycles. The second-order valence-electron chi connectivity index (χ2n) is 3.29. The highest BCUT2D eigenvalue weighted by atomic mass is 28.2. The first-order chi connectivity index (χ1) is 6.74. The van der Waals surface area contributed by atoms with E-state index in [0.717, 1.165) is 18.0 Å². The van der Waals surface area contributed by atoms with E-state index < -0.39 is 0 Å². The first kappa shape index (κ1) is 10.9. The third-order valence-electron chi connectivity index (χ3n) is 2.09. The van der Waals surface area contributed by atoms with Gasteiger partial charge in [-0.05, 0) is 36.7 Å². The van der Waals surface area contributed by atoms with Crippen molar-refractivity contribution in [3.05, 3.63) is 29.8 Å². The van der Waals surface area contributed by atoms with Gasteiger partial charge < -0.3 is 11.1 Å². The van der Waals surface area contributed by atoms with Crippen molar-refractivity contribution in [2.45, 2.75) is 18.9 Å². The molecule has 1 aromatic rings. The Kier molecular flexibility index (Phi) is 4.35. The smallest absolute Gasteiger partial charge is 0.162 e. The minimum absolute atomic E-state index is 0.187. The van der Waals surface area contributed by atoms with Crippen molar-refractivity contribution in [3.63, 3.8) is 0 Å². The van der Waals surface area contributed by atoms with E-state index in [0.29, 0.717) is 12.1 Å². The number of nitrogens with two attached hydrogens (primary N) is 2. The van der Waals surface area contributed by atoms with Gasteiger partial charge in [-0.2, -0.15) is 0 Å². The fourth-order valence-corrected chi connectivity index (χ4v) is 1.78. The molecule has 0 radical (unpaired) electrons. The number of hydrogen-bond acceptors (Lipinski definition) is 3. The molecule has 0 saturated carbocycles. The van der Waals surface area contributed by atoms with Gasteiger partial charge in [-0.15, -0.1) is 0 Å². The Balaban J connectivity index is 2.48. The number of carbonyl (C=O) groups excluding carboxylic acids is 1. The largest absolute Gasteiger partial charge is 0.399 e. The monoisotopic (exact) mass is 208 g/mol.